The number of rotatable bonds is 10. The maximum atomic E-state index is 12.5. The Morgan fingerprint density at radius 2 is 2.07 bits per heavy atom. The van der Waals surface area contributed by atoms with Crippen LogP contribution in [-0.2, 0) is 14.8 Å². The Balaban J connectivity index is 1.62. The van der Waals surface area contributed by atoms with Crippen molar-refractivity contribution in [2.75, 3.05) is 18.6 Å². The van der Waals surface area contributed by atoms with Crippen molar-refractivity contribution in [3.05, 3.63) is 59.5 Å². The molecule has 1 unspecified atom stereocenters. The molecule has 3 aromatic rings. The first-order valence-electron chi connectivity index (χ1n) is 9.24. The van der Waals surface area contributed by atoms with Gasteiger partial charge in [0.1, 0.15) is 0 Å². The zero-order valence-electron chi connectivity index (χ0n) is 16.3. The van der Waals surface area contributed by atoms with Gasteiger partial charge in [-0.15, -0.1) is 10.2 Å². The largest absolute Gasteiger partial charge is 0.346 e. The fourth-order valence-electron chi connectivity index (χ4n) is 2.88. The molecule has 3 rings (SSSR count). The Labute approximate surface area is 184 Å². The smallest absolute Gasteiger partial charge is 0.240 e. The molecule has 0 aliphatic carbocycles. The van der Waals surface area contributed by atoms with Gasteiger partial charge in [0.25, 0.3) is 0 Å². The third kappa shape index (κ3) is 5.72. The van der Waals surface area contributed by atoms with Crippen LogP contribution in [0.2, 0.25) is 5.02 Å². The molecule has 1 atom stereocenters. The van der Waals surface area contributed by atoms with Crippen molar-refractivity contribution in [1.29, 1.82) is 0 Å². The van der Waals surface area contributed by atoms with Gasteiger partial charge in [-0.3, -0.25) is 9.20 Å². The molecule has 0 bridgehead atoms. The number of hydrogen-bond acceptors (Lipinski definition) is 6. The van der Waals surface area contributed by atoms with Crippen LogP contribution in [0.25, 0.3) is 5.65 Å². The van der Waals surface area contributed by atoms with E-state index in [1.165, 1.54) is 12.1 Å². The molecule has 0 fully saturated rings. The lowest BCUT2D eigenvalue weighted by Gasteiger charge is -2.17. The van der Waals surface area contributed by atoms with Gasteiger partial charge in [-0.05, 0) is 48.8 Å². The minimum atomic E-state index is -3.74. The van der Waals surface area contributed by atoms with Gasteiger partial charge in [0.15, 0.2) is 11.5 Å². The number of aromatic nitrogens is 3. The summed E-state index contributed by atoms with van der Waals surface area (Å²) in [6.07, 6.45) is 4.51. The van der Waals surface area contributed by atoms with Crippen LogP contribution >= 0.6 is 23.4 Å². The first-order chi connectivity index (χ1) is 14.4. The molecule has 11 heteroatoms. The molecule has 30 heavy (non-hydrogen) atoms. The second-order valence-electron chi connectivity index (χ2n) is 6.49. The molecule has 1 amide bonds. The highest BCUT2D eigenvalue weighted by Crippen LogP contribution is 2.18. The number of nitrogens with one attached hydrogen (secondary N) is 2. The standard InChI is InChI=1S/C19H22ClN5O3S2/c1-29-12-9-16(19-24-23-17-7-2-3-11-25(17)19)22-18(26)8-10-21-30(27,28)15-6-4-5-14(20)13-15/h2-7,11,13,16,21H,8-10,12H2,1H3,(H,22,26). The average molecular weight is 468 g/mol. The maximum Gasteiger partial charge on any atom is 0.240 e. The topological polar surface area (TPSA) is 105 Å². The molecular formula is C19H22ClN5O3S2. The highest BCUT2D eigenvalue weighted by molar-refractivity contribution is 7.98. The Morgan fingerprint density at radius 1 is 1.23 bits per heavy atom. The zero-order chi connectivity index (χ0) is 21.6. The predicted octanol–water partition coefficient (Wildman–Crippen LogP) is 2.66. The summed E-state index contributed by atoms with van der Waals surface area (Å²) < 4.78 is 28.9. The number of halogens is 1. The van der Waals surface area contributed by atoms with Gasteiger partial charge in [0.05, 0.1) is 10.9 Å². The van der Waals surface area contributed by atoms with E-state index in [-0.39, 0.29) is 29.8 Å². The fourth-order valence-corrected chi connectivity index (χ4v) is 4.69. The summed E-state index contributed by atoms with van der Waals surface area (Å²) in [6, 6.07) is 11.2. The average Bonchev–Trinajstić information content (AvgIpc) is 3.15. The molecule has 2 aromatic heterocycles. The van der Waals surface area contributed by atoms with Crippen molar-refractivity contribution >= 4 is 44.9 Å². The minimum absolute atomic E-state index is 0.00764. The van der Waals surface area contributed by atoms with Crippen LogP contribution in [0, 0.1) is 0 Å². The summed E-state index contributed by atoms with van der Waals surface area (Å²) in [5.74, 6) is 1.20. The quantitative estimate of drug-likeness (QED) is 0.475. The molecule has 2 N–H and O–H groups in total. The van der Waals surface area contributed by atoms with Gasteiger partial charge in [-0.2, -0.15) is 11.8 Å². The van der Waals surface area contributed by atoms with E-state index in [2.05, 4.69) is 20.2 Å². The number of thioether (sulfide) groups is 1. The first-order valence-corrected chi connectivity index (χ1v) is 12.5. The summed E-state index contributed by atoms with van der Waals surface area (Å²) in [5.41, 5.74) is 0.699. The predicted molar refractivity (Wildman–Crippen MR) is 118 cm³/mol. The van der Waals surface area contributed by atoms with Gasteiger partial charge in [-0.25, -0.2) is 13.1 Å². The fraction of sp³-hybridized carbons (Fsp3) is 0.316. The van der Waals surface area contributed by atoms with Crippen molar-refractivity contribution in [3.63, 3.8) is 0 Å². The second kappa shape index (κ2) is 10.3. The second-order valence-corrected chi connectivity index (χ2v) is 9.68. The SMILES string of the molecule is CSCCC(NC(=O)CCNS(=O)(=O)c1cccc(Cl)c1)c1nnc2ccccn12. The Hall–Kier alpha value is -2.14. The minimum Gasteiger partial charge on any atom is -0.346 e. The molecule has 0 aliphatic rings. The molecular weight excluding hydrogens is 446 g/mol. The monoisotopic (exact) mass is 467 g/mol. The molecule has 160 valence electrons. The van der Waals surface area contributed by atoms with Gasteiger partial charge in [0.2, 0.25) is 15.9 Å². The number of amides is 1. The van der Waals surface area contributed by atoms with E-state index in [9.17, 15) is 13.2 Å². The highest BCUT2D eigenvalue weighted by Gasteiger charge is 2.21. The van der Waals surface area contributed by atoms with Crippen molar-refractivity contribution < 1.29 is 13.2 Å². The number of carbonyl (C=O) groups is 1. The van der Waals surface area contributed by atoms with E-state index in [0.29, 0.717) is 22.9 Å². The number of benzene rings is 1. The summed E-state index contributed by atoms with van der Waals surface area (Å²) in [4.78, 5) is 12.6. The van der Waals surface area contributed by atoms with E-state index in [1.807, 2.05) is 35.1 Å². The normalized spacial score (nSPS) is 12.7. The Morgan fingerprint density at radius 3 is 2.83 bits per heavy atom. The number of pyridine rings is 1. The lowest BCUT2D eigenvalue weighted by molar-refractivity contribution is -0.121. The molecule has 0 saturated carbocycles. The lowest BCUT2D eigenvalue weighted by atomic mass is 10.2. The van der Waals surface area contributed by atoms with Crippen LogP contribution in [0.5, 0.6) is 0 Å². The van der Waals surface area contributed by atoms with Crippen LogP contribution in [-0.4, -0.2) is 47.5 Å². The van der Waals surface area contributed by atoms with Crippen LogP contribution in [0.4, 0.5) is 0 Å². The third-order valence-corrected chi connectivity index (χ3v) is 6.69. The van der Waals surface area contributed by atoms with Crippen LogP contribution < -0.4 is 10.0 Å². The van der Waals surface area contributed by atoms with Crippen molar-refractivity contribution in [3.8, 4) is 0 Å². The van der Waals surface area contributed by atoms with E-state index in [0.717, 1.165) is 5.75 Å². The molecule has 0 radical (unpaired) electrons. The van der Waals surface area contributed by atoms with Crippen LogP contribution in [0.3, 0.4) is 0 Å². The molecule has 1 aromatic carbocycles. The van der Waals surface area contributed by atoms with E-state index in [4.69, 9.17) is 11.6 Å². The van der Waals surface area contributed by atoms with Crippen molar-refractivity contribution in [1.82, 2.24) is 24.6 Å². The van der Waals surface area contributed by atoms with Crippen molar-refractivity contribution in [2.24, 2.45) is 0 Å². The molecule has 0 spiro atoms. The molecule has 0 aliphatic heterocycles. The summed E-state index contributed by atoms with van der Waals surface area (Å²) in [5, 5.41) is 11.7. The number of fused-ring (bicyclic) bond motifs is 1. The number of carbonyl (C=O) groups excluding carboxylic acids is 1. The maximum absolute atomic E-state index is 12.5. The Kier molecular flexibility index (Phi) is 7.70. The van der Waals surface area contributed by atoms with E-state index in [1.54, 1.807) is 23.9 Å². The zero-order valence-corrected chi connectivity index (χ0v) is 18.7. The number of sulfonamides is 1. The summed E-state index contributed by atoms with van der Waals surface area (Å²) in [6.45, 7) is -0.0312. The van der Waals surface area contributed by atoms with E-state index < -0.39 is 10.0 Å². The van der Waals surface area contributed by atoms with E-state index >= 15 is 0 Å². The van der Waals surface area contributed by atoms with Gasteiger partial charge in [0, 0.05) is 24.2 Å². The third-order valence-electron chi connectivity index (χ3n) is 4.35. The van der Waals surface area contributed by atoms with Gasteiger partial charge < -0.3 is 5.32 Å². The van der Waals surface area contributed by atoms with Crippen molar-refractivity contribution in [2.45, 2.75) is 23.8 Å². The summed E-state index contributed by atoms with van der Waals surface area (Å²) in [7, 11) is -3.74. The summed E-state index contributed by atoms with van der Waals surface area (Å²) >= 11 is 7.52. The molecule has 8 nitrogen and oxygen atoms in total. The lowest BCUT2D eigenvalue weighted by Crippen LogP contribution is -2.34. The van der Waals surface area contributed by atoms with Crippen LogP contribution in [0.15, 0.2) is 53.6 Å². The number of hydrogen-bond donors (Lipinski definition) is 2. The number of nitrogens with zero attached hydrogens (tertiary/aromatic N) is 3. The van der Waals surface area contributed by atoms with Gasteiger partial charge in [-0.1, -0.05) is 23.7 Å². The molecule has 0 saturated heterocycles. The Bertz CT molecular complexity index is 1120. The highest BCUT2D eigenvalue weighted by atomic mass is 35.5. The van der Waals surface area contributed by atoms with Crippen LogP contribution in [0.1, 0.15) is 24.7 Å². The molecule has 2 heterocycles. The van der Waals surface area contributed by atoms with Gasteiger partial charge >= 0.3 is 0 Å². The first kappa shape index (κ1) is 22.5.